The molecule has 0 aromatic heterocycles. The van der Waals surface area contributed by atoms with E-state index in [9.17, 15) is 4.79 Å². The first-order valence-electron chi connectivity index (χ1n) is 7.09. The van der Waals surface area contributed by atoms with Crippen LogP contribution in [0.25, 0.3) is 0 Å². The zero-order chi connectivity index (χ0) is 12.7. The molecular weight excluding hydrogens is 278 g/mol. The molecular formula is C14H26BrNO. The summed E-state index contributed by atoms with van der Waals surface area (Å²) in [6.45, 7) is 5.17. The maximum Gasteiger partial charge on any atom is 0.223 e. The van der Waals surface area contributed by atoms with Crippen molar-refractivity contribution in [2.24, 2.45) is 11.8 Å². The van der Waals surface area contributed by atoms with Crippen LogP contribution in [0, 0.1) is 11.8 Å². The van der Waals surface area contributed by atoms with E-state index < -0.39 is 0 Å². The zero-order valence-electron chi connectivity index (χ0n) is 11.2. The number of nitrogens with one attached hydrogen (secondary N) is 1. The minimum atomic E-state index is 0.233. The highest BCUT2D eigenvalue weighted by molar-refractivity contribution is 9.09. The van der Waals surface area contributed by atoms with Crippen molar-refractivity contribution >= 4 is 21.8 Å². The summed E-state index contributed by atoms with van der Waals surface area (Å²) >= 11 is 3.65. The number of carbonyl (C=O) groups excluding carboxylic acids is 1. The van der Waals surface area contributed by atoms with Crippen molar-refractivity contribution in [3.8, 4) is 0 Å². The summed E-state index contributed by atoms with van der Waals surface area (Å²) in [7, 11) is 0. The Kier molecular flexibility index (Phi) is 7.17. The van der Waals surface area contributed by atoms with Crippen LogP contribution in [0.4, 0.5) is 0 Å². The highest BCUT2D eigenvalue weighted by Crippen LogP contribution is 2.30. The number of hydrogen-bond donors (Lipinski definition) is 1. The lowest BCUT2D eigenvalue weighted by Gasteiger charge is -2.16. The van der Waals surface area contributed by atoms with Crippen LogP contribution in [-0.2, 0) is 4.79 Å². The van der Waals surface area contributed by atoms with E-state index in [-0.39, 0.29) is 11.8 Å². The summed E-state index contributed by atoms with van der Waals surface area (Å²) in [5.41, 5.74) is 0. The number of amides is 1. The Hall–Kier alpha value is -0.0500. The lowest BCUT2D eigenvalue weighted by atomic mass is 9.98. The van der Waals surface area contributed by atoms with Gasteiger partial charge in [0.15, 0.2) is 0 Å². The van der Waals surface area contributed by atoms with Crippen molar-refractivity contribution in [3.05, 3.63) is 0 Å². The van der Waals surface area contributed by atoms with Gasteiger partial charge in [-0.1, -0.05) is 42.6 Å². The van der Waals surface area contributed by atoms with Gasteiger partial charge in [-0.25, -0.2) is 0 Å². The van der Waals surface area contributed by atoms with E-state index in [1.54, 1.807) is 0 Å². The molecule has 1 aliphatic carbocycles. The third-order valence-electron chi connectivity index (χ3n) is 3.81. The average Bonchev–Trinajstić information content (AvgIpc) is 2.73. The molecule has 0 aromatic rings. The standard InChI is InChI=1S/C14H26BrNO/c1-3-5-6-12(4-2)14(17)16-10-11-7-8-13(15)9-11/h11-13H,3-10H2,1-2H3,(H,16,17). The Balaban J connectivity index is 2.22. The fourth-order valence-corrected chi connectivity index (χ4v) is 3.35. The monoisotopic (exact) mass is 303 g/mol. The van der Waals surface area contributed by atoms with Crippen molar-refractivity contribution < 1.29 is 4.79 Å². The van der Waals surface area contributed by atoms with Gasteiger partial charge in [0.25, 0.3) is 0 Å². The maximum atomic E-state index is 12.0. The molecule has 1 fully saturated rings. The van der Waals surface area contributed by atoms with E-state index >= 15 is 0 Å². The Morgan fingerprint density at radius 1 is 1.41 bits per heavy atom. The minimum Gasteiger partial charge on any atom is -0.356 e. The summed E-state index contributed by atoms with van der Waals surface area (Å²) in [5.74, 6) is 1.20. The zero-order valence-corrected chi connectivity index (χ0v) is 12.8. The fourth-order valence-electron chi connectivity index (χ4n) is 2.56. The van der Waals surface area contributed by atoms with E-state index in [1.165, 1.54) is 32.1 Å². The molecule has 0 spiro atoms. The van der Waals surface area contributed by atoms with Crippen LogP contribution in [0.1, 0.15) is 58.8 Å². The number of unbranched alkanes of at least 4 members (excludes halogenated alkanes) is 1. The molecule has 3 atom stereocenters. The summed E-state index contributed by atoms with van der Waals surface area (Å²) < 4.78 is 0. The summed E-state index contributed by atoms with van der Waals surface area (Å²) in [5, 5.41) is 3.15. The van der Waals surface area contributed by atoms with Crippen LogP contribution in [0.3, 0.4) is 0 Å². The Labute approximate surface area is 114 Å². The quantitative estimate of drug-likeness (QED) is 0.711. The van der Waals surface area contributed by atoms with Gasteiger partial charge in [0.1, 0.15) is 0 Å². The van der Waals surface area contributed by atoms with Crippen molar-refractivity contribution in [1.29, 1.82) is 0 Å². The lowest BCUT2D eigenvalue weighted by molar-refractivity contribution is -0.125. The van der Waals surface area contributed by atoms with Gasteiger partial charge < -0.3 is 5.32 Å². The number of carbonyl (C=O) groups is 1. The van der Waals surface area contributed by atoms with Crippen molar-refractivity contribution in [1.82, 2.24) is 5.32 Å². The molecule has 3 heteroatoms. The molecule has 3 unspecified atom stereocenters. The normalized spacial score (nSPS) is 25.8. The molecule has 1 rings (SSSR count). The maximum absolute atomic E-state index is 12.0. The number of hydrogen-bond acceptors (Lipinski definition) is 1. The predicted molar refractivity (Wildman–Crippen MR) is 76.4 cm³/mol. The van der Waals surface area contributed by atoms with Gasteiger partial charge in [0.05, 0.1) is 0 Å². The molecule has 0 heterocycles. The fraction of sp³-hybridized carbons (Fsp3) is 0.929. The number of alkyl halides is 1. The van der Waals surface area contributed by atoms with Crippen LogP contribution >= 0.6 is 15.9 Å². The molecule has 0 aromatic carbocycles. The van der Waals surface area contributed by atoms with Gasteiger partial charge >= 0.3 is 0 Å². The van der Waals surface area contributed by atoms with Crippen molar-refractivity contribution in [2.45, 2.75) is 63.6 Å². The van der Waals surface area contributed by atoms with Gasteiger partial charge in [-0.2, -0.15) is 0 Å². The second-order valence-corrected chi connectivity index (χ2v) is 6.56. The van der Waals surface area contributed by atoms with Gasteiger partial charge in [0.2, 0.25) is 5.91 Å². The van der Waals surface area contributed by atoms with Crippen LogP contribution in [0.2, 0.25) is 0 Å². The van der Waals surface area contributed by atoms with Gasteiger partial charge in [-0.3, -0.25) is 4.79 Å². The topological polar surface area (TPSA) is 29.1 Å². The van der Waals surface area contributed by atoms with E-state index in [0.717, 1.165) is 19.4 Å². The van der Waals surface area contributed by atoms with Gasteiger partial charge in [-0.05, 0) is 38.0 Å². The van der Waals surface area contributed by atoms with E-state index in [1.807, 2.05) is 0 Å². The minimum absolute atomic E-state index is 0.233. The molecule has 0 radical (unpaired) electrons. The Morgan fingerprint density at radius 3 is 2.71 bits per heavy atom. The van der Waals surface area contributed by atoms with Crippen LogP contribution < -0.4 is 5.32 Å². The van der Waals surface area contributed by atoms with E-state index in [0.29, 0.717) is 10.7 Å². The molecule has 1 N–H and O–H groups in total. The number of halogens is 1. The highest BCUT2D eigenvalue weighted by atomic mass is 79.9. The van der Waals surface area contributed by atoms with Crippen LogP contribution in [-0.4, -0.2) is 17.3 Å². The second kappa shape index (κ2) is 8.12. The molecule has 0 saturated heterocycles. The Morgan fingerprint density at radius 2 is 2.18 bits per heavy atom. The van der Waals surface area contributed by atoms with Gasteiger partial charge in [-0.15, -0.1) is 0 Å². The van der Waals surface area contributed by atoms with Crippen molar-refractivity contribution in [2.75, 3.05) is 6.54 Å². The first-order chi connectivity index (χ1) is 8.17. The van der Waals surface area contributed by atoms with E-state index in [2.05, 4.69) is 35.1 Å². The molecule has 0 bridgehead atoms. The SMILES string of the molecule is CCCCC(CC)C(=O)NCC1CCC(Br)C1. The first-order valence-corrected chi connectivity index (χ1v) is 8.00. The predicted octanol–water partition coefficient (Wildman–Crippen LogP) is 3.88. The smallest absolute Gasteiger partial charge is 0.223 e. The molecule has 1 aliphatic rings. The Bertz CT molecular complexity index is 232. The molecule has 100 valence electrons. The molecule has 2 nitrogen and oxygen atoms in total. The first kappa shape index (κ1) is 15.0. The number of rotatable bonds is 7. The van der Waals surface area contributed by atoms with E-state index in [4.69, 9.17) is 0 Å². The molecule has 1 amide bonds. The van der Waals surface area contributed by atoms with Crippen LogP contribution in [0.5, 0.6) is 0 Å². The summed E-state index contributed by atoms with van der Waals surface area (Å²) in [4.78, 5) is 12.7. The summed E-state index contributed by atoms with van der Waals surface area (Å²) in [6.07, 6.45) is 8.08. The molecule has 17 heavy (non-hydrogen) atoms. The van der Waals surface area contributed by atoms with Crippen LogP contribution in [0.15, 0.2) is 0 Å². The largest absolute Gasteiger partial charge is 0.356 e. The third-order valence-corrected chi connectivity index (χ3v) is 4.64. The van der Waals surface area contributed by atoms with Crippen molar-refractivity contribution in [3.63, 3.8) is 0 Å². The summed E-state index contributed by atoms with van der Waals surface area (Å²) in [6, 6.07) is 0. The lowest BCUT2D eigenvalue weighted by Crippen LogP contribution is -2.33. The third kappa shape index (κ3) is 5.41. The molecule has 0 aliphatic heterocycles. The highest BCUT2D eigenvalue weighted by Gasteiger charge is 2.23. The molecule has 1 saturated carbocycles. The van der Waals surface area contributed by atoms with Gasteiger partial charge in [0, 0.05) is 17.3 Å². The average molecular weight is 304 g/mol. The second-order valence-electron chi connectivity index (χ2n) is 5.27.